The van der Waals surface area contributed by atoms with Crippen molar-refractivity contribution in [3.8, 4) is 6.07 Å². The van der Waals surface area contributed by atoms with Gasteiger partial charge in [0.25, 0.3) is 0 Å². The van der Waals surface area contributed by atoms with Gasteiger partial charge in [0, 0.05) is 25.2 Å². The summed E-state index contributed by atoms with van der Waals surface area (Å²) in [6.45, 7) is 3.72. The zero-order valence-corrected chi connectivity index (χ0v) is 12.4. The summed E-state index contributed by atoms with van der Waals surface area (Å²) in [5.41, 5.74) is 0. The predicted molar refractivity (Wildman–Crippen MR) is 79.0 cm³/mol. The molecule has 7 heteroatoms. The van der Waals surface area contributed by atoms with Crippen LogP contribution in [0.3, 0.4) is 0 Å². The minimum Gasteiger partial charge on any atom is -0.355 e. The van der Waals surface area contributed by atoms with Gasteiger partial charge in [0.1, 0.15) is 23.5 Å². The monoisotopic (exact) mass is 295 g/mol. The topological polar surface area (TPSA) is 94.4 Å². The third-order valence-electron chi connectivity index (χ3n) is 4.62. The summed E-state index contributed by atoms with van der Waals surface area (Å²) in [4.78, 5) is 15.1. The van der Waals surface area contributed by atoms with Crippen molar-refractivity contribution in [3.63, 3.8) is 0 Å². The molecule has 2 aromatic heterocycles. The van der Waals surface area contributed by atoms with Crippen LogP contribution in [0, 0.1) is 30.1 Å². The summed E-state index contributed by atoms with van der Waals surface area (Å²) in [5, 5.41) is 16.2. The molecule has 2 atom stereocenters. The van der Waals surface area contributed by atoms with Crippen molar-refractivity contribution in [2.24, 2.45) is 11.8 Å². The zero-order valence-electron chi connectivity index (χ0n) is 12.4. The Morgan fingerprint density at radius 2 is 2.18 bits per heavy atom. The zero-order chi connectivity index (χ0) is 15.1. The van der Waals surface area contributed by atoms with Crippen molar-refractivity contribution in [1.82, 2.24) is 25.1 Å². The first-order chi connectivity index (χ1) is 10.7. The molecule has 4 rings (SSSR count). The second-order valence-electron chi connectivity index (χ2n) is 6.13. The normalized spacial score (nSPS) is 24.5. The Morgan fingerprint density at radius 1 is 1.32 bits per heavy atom. The molecule has 2 aromatic rings. The largest absolute Gasteiger partial charge is 0.355 e. The Morgan fingerprint density at radius 3 is 2.86 bits per heavy atom. The van der Waals surface area contributed by atoms with Crippen LogP contribution < -0.4 is 4.90 Å². The molecule has 0 unspecified atom stereocenters. The number of anilines is 1. The van der Waals surface area contributed by atoms with Gasteiger partial charge in [-0.15, -0.1) is 0 Å². The molecule has 1 N–H and O–H groups in total. The minimum absolute atomic E-state index is 0.222. The average molecular weight is 295 g/mol. The molecule has 3 heterocycles. The number of hydrogen-bond acceptors (Lipinski definition) is 6. The van der Waals surface area contributed by atoms with E-state index in [1.807, 2.05) is 19.1 Å². The van der Waals surface area contributed by atoms with E-state index in [9.17, 15) is 0 Å². The van der Waals surface area contributed by atoms with Gasteiger partial charge in [-0.3, -0.25) is 5.10 Å². The molecule has 1 aliphatic carbocycles. The summed E-state index contributed by atoms with van der Waals surface area (Å²) >= 11 is 0. The maximum atomic E-state index is 8.97. The van der Waals surface area contributed by atoms with Gasteiger partial charge < -0.3 is 4.90 Å². The third kappa shape index (κ3) is 2.30. The maximum absolute atomic E-state index is 8.97. The fourth-order valence-electron chi connectivity index (χ4n) is 3.41. The number of nitriles is 1. The van der Waals surface area contributed by atoms with Crippen LogP contribution in [0.15, 0.2) is 12.3 Å². The van der Waals surface area contributed by atoms with Crippen LogP contribution >= 0.6 is 0 Å². The van der Waals surface area contributed by atoms with Gasteiger partial charge in [0.2, 0.25) is 5.82 Å². The molecule has 0 amide bonds. The van der Waals surface area contributed by atoms with Crippen LogP contribution in [-0.4, -0.2) is 38.2 Å². The van der Waals surface area contributed by atoms with E-state index in [4.69, 9.17) is 5.26 Å². The number of aromatic amines is 1. The Labute approximate surface area is 128 Å². The molecular weight excluding hydrogens is 278 g/mol. The molecule has 2 aliphatic rings. The minimum atomic E-state index is 0.222. The molecule has 0 bridgehead atoms. The summed E-state index contributed by atoms with van der Waals surface area (Å²) in [7, 11) is 0. The van der Waals surface area contributed by atoms with Crippen LogP contribution in [0.2, 0.25) is 0 Å². The standard InChI is InChI=1S/C15H17N7/c1-9-18-15(21-20-9)12-8-22(7-11(12)10-2-3-10)14-4-5-17-13(6-16)19-14/h4-5,10-12H,2-3,7-8H2,1H3,(H,18,20,21)/t11-,12+/m0/s1. The maximum Gasteiger partial charge on any atom is 0.234 e. The average Bonchev–Trinajstić information content (AvgIpc) is 3.14. The van der Waals surface area contributed by atoms with Gasteiger partial charge in [0.15, 0.2) is 0 Å². The fourth-order valence-corrected chi connectivity index (χ4v) is 3.41. The van der Waals surface area contributed by atoms with Crippen molar-refractivity contribution in [2.45, 2.75) is 25.7 Å². The molecule has 0 spiro atoms. The van der Waals surface area contributed by atoms with Crippen molar-refractivity contribution >= 4 is 5.82 Å². The molecule has 22 heavy (non-hydrogen) atoms. The second-order valence-corrected chi connectivity index (χ2v) is 6.13. The SMILES string of the molecule is Cc1n[nH]c([C@@H]2CN(c3ccnc(C#N)n3)C[C@H]2C2CC2)n1. The molecule has 1 saturated carbocycles. The summed E-state index contributed by atoms with van der Waals surface area (Å²) in [6.07, 6.45) is 4.25. The molecular formula is C15H17N7. The molecule has 7 nitrogen and oxygen atoms in total. The van der Waals surface area contributed by atoms with E-state index in [1.165, 1.54) is 12.8 Å². The van der Waals surface area contributed by atoms with Crippen LogP contribution in [0.5, 0.6) is 0 Å². The van der Waals surface area contributed by atoms with Crippen molar-refractivity contribution in [2.75, 3.05) is 18.0 Å². The molecule has 0 aromatic carbocycles. The summed E-state index contributed by atoms with van der Waals surface area (Å²) in [5.74, 6) is 4.53. The van der Waals surface area contributed by atoms with Crippen molar-refractivity contribution in [1.29, 1.82) is 5.26 Å². The first-order valence-corrected chi connectivity index (χ1v) is 7.61. The predicted octanol–water partition coefficient (Wildman–Crippen LogP) is 1.40. The van der Waals surface area contributed by atoms with Crippen LogP contribution in [0.25, 0.3) is 0 Å². The molecule has 0 radical (unpaired) electrons. The summed E-state index contributed by atoms with van der Waals surface area (Å²) < 4.78 is 0. The Kier molecular flexibility index (Phi) is 3.03. The fraction of sp³-hybridized carbons (Fsp3) is 0.533. The van der Waals surface area contributed by atoms with Gasteiger partial charge in [-0.05, 0) is 37.7 Å². The number of nitrogens with one attached hydrogen (secondary N) is 1. The van der Waals surface area contributed by atoms with E-state index < -0.39 is 0 Å². The third-order valence-corrected chi connectivity index (χ3v) is 4.62. The Bertz CT molecular complexity index is 727. The molecule has 1 aliphatic heterocycles. The lowest BCUT2D eigenvalue weighted by molar-refractivity contribution is 0.445. The lowest BCUT2D eigenvalue weighted by atomic mass is 9.91. The van der Waals surface area contributed by atoms with Gasteiger partial charge >= 0.3 is 0 Å². The van der Waals surface area contributed by atoms with E-state index in [-0.39, 0.29) is 5.82 Å². The molecule has 2 fully saturated rings. The van der Waals surface area contributed by atoms with Gasteiger partial charge in [0.05, 0.1) is 0 Å². The van der Waals surface area contributed by atoms with E-state index in [1.54, 1.807) is 6.20 Å². The number of H-pyrrole nitrogens is 1. The quantitative estimate of drug-likeness (QED) is 0.920. The molecule has 1 saturated heterocycles. The lowest BCUT2D eigenvalue weighted by Crippen LogP contribution is -2.21. The smallest absolute Gasteiger partial charge is 0.234 e. The number of rotatable bonds is 3. The number of nitrogens with zero attached hydrogens (tertiary/aromatic N) is 6. The van der Waals surface area contributed by atoms with Crippen LogP contribution in [-0.2, 0) is 0 Å². The van der Waals surface area contributed by atoms with Gasteiger partial charge in [-0.1, -0.05) is 0 Å². The molecule has 112 valence electrons. The van der Waals surface area contributed by atoms with Crippen molar-refractivity contribution in [3.05, 3.63) is 29.7 Å². The highest BCUT2D eigenvalue weighted by atomic mass is 15.3. The first-order valence-electron chi connectivity index (χ1n) is 7.61. The summed E-state index contributed by atoms with van der Waals surface area (Å²) in [6, 6.07) is 3.88. The van der Waals surface area contributed by atoms with E-state index in [0.29, 0.717) is 11.8 Å². The Hall–Kier alpha value is -2.49. The van der Waals surface area contributed by atoms with Crippen LogP contribution in [0.1, 0.15) is 36.2 Å². The van der Waals surface area contributed by atoms with E-state index in [2.05, 4.69) is 30.0 Å². The second kappa shape index (κ2) is 5.05. The highest BCUT2D eigenvalue weighted by molar-refractivity contribution is 5.42. The van der Waals surface area contributed by atoms with Crippen molar-refractivity contribution < 1.29 is 0 Å². The first kappa shape index (κ1) is 13.2. The van der Waals surface area contributed by atoms with E-state index in [0.717, 1.165) is 36.5 Å². The number of aromatic nitrogens is 5. The van der Waals surface area contributed by atoms with Gasteiger partial charge in [-0.25, -0.2) is 15.0 Å². The Balaban J connectivity index is 1.62. The van der Waals surface area contributed by atoms with Crippen LogP contribution in [0.4, 0.5) is 5.82 Å². The highest BCUT2D eigenvalue weighted by Gasteiger charge is 2.44. The van der Waals surface area contributed by atoms with Gasteiger partial charge in [-0.2, -0.15) is 10.4 Å². The highest BCUT2D eigenvalue weighted by Crippen LogP contribution is 2.47. The number of hydrogen-bond donors (Lipinski definition) is 1. The number of aryl methyl sites for hydroxylation is 1. The van der Waals surface area contributed by atoms with E-state index >= 15 is 0 Å². The lowest BCUT2D eigenvalue weighted by Gasteiger charge is -2.16.